The van der Waals surface area contributed by atoms with Gasteiger partial charge < -0.3 is 4.90 Å². The number of fused-ring (bicyclic) bond motifs is 1. The number of rotatable bonds is 4. The van der Waals surface area contributed by atoms with E-state index in [-0.39, 0.29) is 4.90 Å². The van der Waals surface area contributed by atoms with Crippen molar-refractivity contribution in [3.8, 4) is 5.69 Å². The zero-order valence-electron chi connectivity index (χ0n) is 14.2. The van der Waals surface area contributed by atoms with Crippen LogP contribution in [0.15, 0.2) is 65.7 Å². The number of para-hydroxylation sites is 1. The number of aromatic nitrogens is 2. The SMILES string of the molecule is NS(=O)(=O)c1ccc2c(c1)N(Cc1ccn(-c3ccccc3)n1)CCC2. The lowest BCUT2D eigenvalue weighted by molar-refractivity contribution is 0.597. The first-order valence-electron chi connectivity index (χ1n) is 8.51. The number of nitrogens with zero attached hydrogens (tertiary/aromatic N) is 3. The molecule has 0 atom stereocenters. The van der Waals surface area contributed by atoms with E-state index in [4.69, 9.17) is 5.14 Å². The molecule has 0 amide bonds. The molecule has 0 saturated heterocycles. The molecule has 0 radical (unpaired) electrons. The molecule has 0 spiro atoms. The molecular weight excluding hydrogens is 348 g/mol. The number of hydrogen-bond acceptors (Lipinski definition) is 4. The van der Waals surface area contributed by atoms with Gasteiger partial charge in [-0.25, -0.2) is 18.2 Å². The molecule has 0 saturated carbocycles. The third-order valence-electron chi connectivity index (χ3n) is 4.62. The van der Waals surface area contributed by atoms with Gasteiger partial charge in [0.25, 0.3) is 0 Å². The maximum atomic E-state index is 11.7. The minimum absolute atomic E-state index is 0.151. The standard InChI is InChI=1S/C19H20N4O2S/c20-26(24,25)18-9-8-15-5-4-11-22(19(15)13-18)14-16-10-12-23(21-16)17-6-2-1-3-7-17/h1-3,6-10,12-13H,4-5,11,14H2,(H2,20,24,25). The third-order valence-corrected chi connectivity index (χ3v) is 5.53. The average molecular weight is 368 g/mol. The molecule has 1 aliphatic rings. The van der Waals surface area contributed by atoms with Gasteiger partial charge >= 0.3 is 0 Å². The van der Waals surface area contributed by atoms with E-state index in [0.29, 0.717) is 6.54 Å². The van der Waals surface area contributed by atoms with Gasteiger partial charge in [-0.2, -0.15) is 5.10 Å². The van der Waals surface area contributed by atoms with Gasteiger partial charge in [0.2, 0.25) is 10.0 Å². The fourth-order valence-electron chi connectivity index (χ4n) is 3.34. The van der Waals surface area contributed by atoms with E-state index in [1.54, 1.807) is 12.1 Å². The second kappa shape index (κ2) is 6.59. The van der Waals surface area contributed by atoms with E-state index in [9.17, 15) is 8.42 Å². The minimum atomic E-state index is -3.71. The van der Waals surface area contributed by atoms with Gasteiger partial charge in [0.1, 0.15) is 0 Å². The summed E-state index contributed by atoms with van der Waals surface area (Å²) >= 11 is 0. The molecule has 2 aromatic carbocycles. The van der Waals surface area contributed by atoms with Crippen molar-refractivity contribution in [2.75, 3.05) is 11.4 Å². The second-order valence-corrected chi connectivity index (χ2v) is 8.01. The summed E-state index contributed by atoms with van der Waals surface area (Å²) < 4.78 is 25.2. The van der Waals surface area contributed by atoms with Crippen LogP contribution in [0.4, 0.5) is 5.69 Å². The number of benzene rings is 2. The van der Waals surface area contributed by atoms with Crippen LogP contribution in [0.5, 0.6) is 0 Å². The average Bonchev–Trinajstić information content (AvgIpc) is 3.10. The Morgan fingerprint density at radius 1 is 1.08 bits per heavy atom. The second-order valence-electron chi connectivity index (χ2n) is 6.45. The Hall–Kier alpha value is -2.64. The van der Waals surface area contributed by atoms with Gasteiger partial charge in [-0.15, -0.1) is 0 Å². The molecule has 4 rings (SSSR count). The Morgan fingerprint density at radius 2 is 1.88 bits per heavy atom. The molecule has 7 heteroatoms. The van der Waals surface area contributed by atoms with Crippen molar-refractivity contribution in [3.05, 3.63) is 72.1 Å². The highest BCUT2D eigenvalue weighted by Gasteiger charge is 2.20. The topological polar surface area (TPSA) is 81.2 Å². The van der Waals surface area contributed by atoms with E-state index in [1.807, 2.05) is 53.3 Å². The molecule has 26 heavy (non-hydrogen) atoms. The normalized spacial score (nSPS) is 14.3. The zero-order chi connectivity index (χ0) is 18.1. The van der Waals surface area contributed by atoms with Gasteiger partial charge in [0.15, 0.2) is 0 Å². The summed E-state index contributed by atoms with van der Waals surface area (Å²) in [6, 6.07) is 17.1. The Labute approximate surface area is 152 Å². The minimum Gasteiger partial charge on any atom is -0.365 e. The predicted octanol–water partition coefficient (Wildman–Crippen LogP) is 2.47. The van der Waals surface area contributed by atoms with Crippen LogP contribution in [0.3, 0.4) is 0 Å². The van der Waals surface area contributed by atoms with Crippen molar-refractivity contribution < 1.29 is 8.42 Å². The molecular formula is C19H20N4O2S. The number of hydrogen-bond donors (Lipinski definition) is 1. The largest absolute Gasteiger partial charge is 0.365 e. The number of primary sulfonamides is 1. The smallest absolute Gasteiger partial charge is 0.238 e. The van der Waals surface area contributed by atoms with Crippen LogP contribution in [0, 0.1) is 0 Å². The van der Waals surface area contributed by atoms with E-state index < -0.39 is 10.0 Å². The Morgan fingerprint density at radius 3 is 2.65 bits per heavy atom. The van der Waals surface area contributed by atoms with Crippen LogP contribution in [0.25, 0.3) is 5.69 Å². The van der Waals surface area contributed by atoms with Gasteiger partial charge in [0.05, 0.1) is 22.8 Å². The first-order chi connectivity index (χ1) is 12.5. The van der Waals surface area contributed by atoms with Crippen LogP contribution in [-0.4, -0.2) is 24.7 Å². The maximum absolute atomic E-state index is 11.7. The van der Waals surface area contributed by atoms with Crippen LogP contribution >= 0.6 is 0 Å². The van der Waals surface area contributed by atoms with Crippen molar-refractivity contribution in [3.63, 3.8) is 0 Å². The van der Waals surface area contributed by atoms with Crippen LogP contribution in [0.2, 0.25) is 0 Å². The van der Waals surface area contributed by atoms with Crippen molar-refractivity contribution >= 4 is 15.7 Å². The van der Waals surface area contributed by atoms with Crippen molar-refractivity contribution in [1.82, 2.24) is 9.78 Å². The number of sulfonamides is 1. The lowest BCUT2D eigenvalue weighted by Gasteiger charge is -2.31. The van der Waals surface area contributed by atoms with Crippen molar-refractivity contribution in [1.29, 1.82) is 0 Å². The van der Waals surface area contributed by atoms with E-state index in [1.165, 1.54) is 0 Å². The lowest BCUT2D eigenvalue weighted by atomic mass is 10.0. The van der Waals surface area contributed by atoms with E-state index in [0.717, 1.165) is 42.0 Å². The lowest BCUT2D eigenvalue weighted by Crippen LogP contribution is -2.29. The molecule has 2 N–H and O–H groups in total. The number of nitrogens with two attached hydrogens (primary N) is 1. The first-order valence-corrected chi connectivity index (χ1v) is 10.1. The quantitative estimate of drug-likeness (QED) is 0.767. The molecule has 0 bridgehead atoms. The summed E-state index contributed by atoms with van der Waals surface area (Å²) in [5, 5.41) is 9.94. The van der Waals surface area contributed by atoms with Gasteiger partial charge in [-0.05, 0) is 48.7 Å². The summed E-state index contributed by atoms with van der Waals surface area (Å²) in [5.41, 5.74) is 4.01. The Balaban J connectivity index is 1.62. The summed E-state index contributed by atoms with van der Waals surface area (Å²) in [6.07, 6.45) is 3.91. The predicted molar refractivity (Wildman–Crippen MR) is 101 cm³/mol. The molecule has 134 valence electrons. The molecule has 6 nitrogen and oxygen atoms in total. The first kappa shape index (κ1) is 16.8. The Kier molecular flexibility index (Phi) is 4.26. The van der Waals surface area contributed by atoms with Crippen LogP contribution in [0.1, 0.15) is 17.7 Å². The van der Waals surface area contributed by atoms with Crippen molar-refractivity contribution in [2.45, 2.75) is 24.3 Å². The van der Waals surface area contributed by atoms with Gasteiger partial charge in [0, 0.05) is 18.4 Å². The van der Waals surface area contributed by atoms with Crippen molar-refractivity contribution in [2.24, 2.45) is 5.14 Å². The van der Waals surface area contributed by atoms with E-state index >= 15 is 0 Å². The van der Waals surface area contributed by atoms with Gasteiger partial charge in [-0.3, -0.25) is 0 Å². The molecule has 3 aromatic rings. The maximum Gasteiger partial charge on any atom is 0.238 e. The fraction of sp³-hybridized carbons (Fsp3) is 0.211. The molecule has 1 aromatic heterocycles. The monoisotopic (exact) mass is 368 g/mol. The molecule has 0 fully saturated rings. The summed E-state index contributed by atoms with van der Waals surface area (Å²) in [7, 11) is -3.71. The third kappa shape index (κ3) is 3.36. The zero-order valence-corrected chi connectivity index (χ0v) is 15.1. The Bertz CT molecular complexity index is 1030. The van der Waals surface area contributed by atoms with Crippen LogP contribution < -0.4 is 10.0 Å². The summed E-state index contributed by atoms with van der Waals surface area (Å²) in [5.74, 6) is 0. The fourth-order valence-corrected chi connectivity index (χ4v) is 3.87. The number of aryl methyl sites for hydroxylation is 1. The molecule has 2 heterocycles. The van der Waals surface area contributed by atoms with Gasteiger partial charge in [-0.1, -0.05) is 24.3 Å². The van der Waals surface area contributed by atoms with E-state index in [2.05, 4.69) is 10.00 Å². The molecule has 0 unspecified atom stereocenters. The van der Waals surface area contributed by atoms with Crippen LogP contribution in [-0.2, 0) is 23.0 Å². The highest BCUT2D eigenvalue weighted by molar-refractivity contribution is 7.89. The highest BCUT2D eigenvalue weighted by atomic mass is 32.2. The number of anilines is 1. The molecule has 1 aliphatic heterocycles. The summed E-state index contributed by atoms with van der Waals surface area (Å²) in [4.78, 5) is 2.32. The molecule has 0 aliphatic carbocycles. The highest BCUT2D eigenvalue weighted by Crippen LogP contribution is 2.30. The summed E-state index contributed by atoms with van der Waals surface area (Å²) in [6.45, 7) is 1.49.